The van der Waals surface area contributed by atoms with Crippen molar-refractivity contribution in [3.05, 3.63) is 0 Å². The fraction of sp³-hybridized carbons (Fsp3) is 0.850. The quantitative estimate of drug-likeness (QED) is 0.781. The van der Waals surface area contributed by atoms with Crippen LogP contribution in [0.2, 0.25) is 0 Å². The molecule has 3 heterocycles. The van der Waals surface area contributed by atoms with Crippen LogP contribution in [0.25, 0.3) is 0 Å². The Labute approximate surface area is 161 Å². The summed E-state index contributed by atoms with van der Waals surface area (Å²) in [7, 11) is 0. The highest BCUT2D eigenvalue weighted by Crippen LogP contribution is 2.24. The predicted octanol–water partition coefficient (Wildman–Crippen LogP) is 1.17. The minimum atomic E-state index is -0.0259. The van der Waals surface area contributed by atoms with Crippen LogP contribution < -0.4 is 5.32 Å². The Balaban J connectivity index is 1.50. The van der Waals surface area contributed by atoms with Gasteiger partial charge in [-0.15, -0.1) is 0 Å². The van der Waals surface area contributed by atoms with E-state index >= 15 is 0 Å². The smallest absolute Gasteiger partial charge is 0.228 e. The maximum atomic E-state index is 13.0. The van der Waals surface area contributed by atoms with E-state index in [0.717, 1.165) is 58.0 Å². The number of hydrogen-bond donors (Lipinski definition) is 1. The second-order valence-corrected chi connectivity index (χ2v) is 8.00. The average Bonchev–Trinajstić information content (AvgIpc) is 3.21. The Kier molecular flexibility index (Phi) is 7.50. The van der Waals surface area contributed by atoms with E-state index in [1.54, 1.807) is 0 Å². The second-order valence-electron chi connectivity index (χ2n) is 8.00. The largest absolute Gasteiger partial charge is 0.381 e. The first-order chi connectivity index (χ1) is 13.1. The summed E-state index contributed by atoms with van der Waals surface area (Å²) in [6, 6.07) is 0. The summed E-state index contributed by atoms with van der Waals surface area (Å²) in [5.74, 6) is 0.362. The molecule has 3 aliphatic rings. The first-order valence-electron chi connectivity index (χ1n) is 10.6. The van der Waals surface area contributed by atoms with Crippen LogP contribution >= 0.6 is 0 Å². The fourth-order valence-electron chi connectivity index (χ4n) is 4.26. The van der Waals surface area contributed by atoms with Crippen LogP contribution in [-0.2, 0) is 19.1 Å². The summed E-state index contributed by atoms with van der Waals surface area (Å²) in [6.07, 6.45) is 6.83. The van der Waals surface area contributed by atoms with E-state index < -0.39 is 0 Å². The fourth-order valence-corrected chi connectivity index (χ4v) is 4.26. The lowest BCUT2D eigenvalue weighted by Gasteiger charge is -2.35. The SMILES string of the molecule is O=C1CCN(C(=O)C2CCN(C(=O)[C@H]3CCOC3)CC2)CCCCCCN1. The molecule has 27 heavy (non-hydrogen) atoms. The van der Waals surface area contributed by atoms with Crippen molar-refractivity contribution in [1.29, 1.82) is 0 Å². The Morgan fingerprint density at radius 2 is 1.56 bits per heavy atom. The van der Waals surface area contributed by atoms with E-state index in [2.05, 4.69) is 5.32 Å². The van der Waals surface area contributed by atoms with E-state index in [4.69, 9.17) is 4.74 Å². The number of likely N-dealkylation sites (tertiary alicyclic amines) is 1. The average molecular weight is 380 g/mol. The normalized spacial score (nSPS) is 26.4. The number of hydrogen-bond acceptors (Lipinski definition) is 4. The molecule has 0 aromatic rings. The summed E-state index contributed by atoms with van der Waals surface area (Å²) < 4.78 is 5.33. The van der Waals surface area contributed by atoms with Crippen molar-refractivity contribution in [3.8, 4) is 0 Å². The third kappa shape index (κ3) is 5.67. The Bertz CT molecular complexity index is 525. The minimum absolute atomic E-state index is 0.00161. The third-order valence-electron chi connectivity index (χ3n) is 6.03. The summed E-state index contributed by atoms with van der Waals surface area (Å²) in [6.45, 7) is 4.50. The van der Waals surface area contributed by atoms with Crippen LogP contribution in [0.4, 0.5) is 0 Å². The van der Waals surface area contributed by atoms with Gasteiger partial charge in [-0.1, -0.05) is 12.8 Å². The number of piperidine rings is 1. The highest BCUT2D eigenvalue weighted by molar-refractivity contribution is 5.82. The molecule has 0 bridgehead atoms. The van der Waals surface area contributed by atoms with Crippen molar-refractivity contribution in [2.24, 2.45) is 11.8 Å². The van der Waals surface area contributed by atoms with Crippen molar-refractivity contribution >= 4 is 17.7 Å². The van der Waals surface area contributed by atoms with Gasteiger partial charge in [0.15, 0.2) is 0 Å². The van der Waals surface area contributed by atoms with Gasteiger partial charge in [-0.2, -0.15) is 0 Å². The number of carbonyl (C=O) groups is 3. The maximum Gasteiger partial charge on any atom is 0.228 e. The molecule has 0 aromatic carbocycles. The van der Waals surface area contributed by atoms with Gasteiger partial charge in [-0.05, 0) is 32.1 Å². The molecule has 3 saturated heterocycles. The highest BCUT2D eigenvalue weighted by atomic mass is 16.5. The van der Waals surface area contributed by atoms with Crippen molar-refractivity contribution in [2.45, 2.75) is 51.4 Å². The summed E-state index contributed by atoms with van der Waals surface area (Å²) >= 11 is 0. The van der Waals surface area contributed by atoms with Gasteiger partial charge in [-0.25, -0.2) is 0 Å². The topological polar surface area (TPSA) is 79.0 Å². The lowest BCUT2D eigenvalue weighted by atomic mass is 9.93. The van der Waals surface area contributed by atoms with Crippen molar-refractivity contribution in [3.63, 3.8) is 0 Å². The Hall–Kier alpha value is -1.63. The molecule has 3 rings (SSSR count). The van der Waals surface area contributed by atoms with Crippen LogP contribution in [0.1, 0.15) is 51.4 Å². The third-order valence-corrected chi connectivity index (χ3v) is 6.03. The van der Waals surface area contributed by atoms with E-state index in [1.807, 2.05) is 9.80 Å². The minimum Gasteiger partial charge on any atom is -0.381 e. The molecule has 3 aliphatic heterocycles. The standard InChI is InChI=1S/C20H33N3O4/c24-18-7-13-22(10-4-2-1-3-9-21-18)19(25)16-5-11-23(12-6-16)20(26)17-8-14-27-15-17/h16-17H,1-15H2,(H,21,24)/t17-/m0/s1. The number of ether oxygens (including phenoxy) is 1. The molecule has 0 aliphatic carbocycles. The van der Waals surface area contributed by atoms with Gasteiger partial charge in [-0.3, -0.25) is 14.4 Å². The number of nitrogens with zero attached hydrogens (tertiary/aromatic N) is 2. The van der Waals surface area contributed by atoms with Gasteiger partial charge in [0.1, 0.15) is 0 Å². The van der Waals surface area contributed by atoms with Gasteiger partial charge in [0.05, 0.1) is 12.5 Å². The molecule has 0 unspecified atom stereocenters. The zero-order chi connectivity index (χ0) is 19.1. The lowest BCUT2D eigenvalue weighted by molar-refractivity contribution is -0.143. The van der Waals surface area contributed by atoms with E-state index in [1.165, 1.54) is 0 Å². The molecule has 1 N–H and O–H groups in total. The van der Waals surface area contributed by atoms with Crippen LogP contribution in [0.3, 0.4) is 0 Å². The van der Waals surface area contributed by atoms with Gasteiger partial charge in [0.25, 0.3) is 0 Å². The number of rotatable bonds is 2. The molecule has 1 atom stereocenters. The zero-order valence-electron chi connectivity index (χ0n) is 16.3. The summed E-state index contributed by atoms with van der Waals surface area (Å²) in [4.78, 5) is 41.2. The number of nitrogens with one attached hydrogen (secondary N) is 1. The van der Waals surface area contributed by atoms with Gasteiger partial charge >= 0.3 is 0 Å². The van der Waals surface area contributed by atoms with Crippen molar-refractivity contribution < 1.29 is 19.1 Å². The van der Waals surface area contributed by atoms with Gasteiger partial charge in [0.2, 0.25) is 17.7 Å². The maximum absolute atomic E-state index is 13.0. The molecule has 0 aromatic heterocycles. The van der Waals surface area contributed by atoms with Crippen molar-refractivity contribution in [1.82, 2.24) is 15.1 Å². The molecule has 7 nitrogen and oxygen atoms in total. The first-order valence-corrected chi connectivity index (χ1v) is 10.6. The van der Waals surface area contributed by atoms with Gasteiger partial charge in [0, 0.05) is 51.7 Å². The van der Waals surface area contributed by atoms with E-state index in [-0.39, 0.29) is 29.6 Å². The van der Waals surface area contributed by atoms with E-state index in [9.17, 15) is 14.4 Å². The van der Waals surface area contributed by atoms with Crippen LogP contribution in [-0.4, -0.2) is 73.5 Å². The molecular formula is C20H33N3O4. The zero-order valence-corrected chi connectivity index (χ0v) is 16.3. The Morgan fingerprint density at radius 3 is 2.30 bits per heavy atom. The van der Waals surface area contributed by atoms with Crippen LogP contribution in [0, 0.1) is 11.8 Å². The van der Waals surface area contributed by atoms with Gasteiger partial charge < -0.3 is 19.9 Å². The Morgan fingerprint density at radius 1 is 0.852 bits per heavy atom. The molecule has 0 spiro atoms. The molecule has 152 valence electrons. The molecule has 3 fully saturated rings. The van der Waals surface area contributed by atoms with Crippen molar-refractivity contribution in [2.75, 3.05) is 45.9 Å². The molecule has 3 amide bonds. The van der Waals surface area contributed by atoms with Crippen LogP contribution in [0.15, 0.2) is 0 Å². The molecule has 0 radical (unpaired) electrons. The number of carbonyl (C=O) groups excluding carboxylic acids is 3. The van der Waals surface area contributed by atoms with E-state index in [0.29, 0.717) is 39.3 Å². The monoisotopic (exact) mass is 379 g/mol. The highest BCUT2D eigenvalue weighted by Gasteiger charge is 2.33. The number of amides is 3. The molecular weight excluding hydrogens is 346 g/mol. The summed E-state index contributed by atoms with van der Waals surface area (Å²) in [5, 5.41) is 2.93. The first kappa shape index (κ1) is 20.1. The lowest BCUT2D eigenvalue weighted by Crippen LogP contribution is -2.46. The second kappa shape index (κ2) is 10.1. The predicted molar refractivity (Wildman–Crippen MR) is 101 cm³/mol. The van der Waals surface area contributed by atoms with Crippen LogP contribution in [0.5, 0.6) is 0 Å². The molecule has 7 heteroatoms. The summed E-state index contributed by atoms with van der Waals surface area (Å²) in [5.41, 5.74) is 0. The molecule has 0 saturated carbocycles.